The molecule has 1 aliphatic rings. The number of hydrogen-bond donors (Lipinski definition) is 0. The van der Waals surface area contributed by atoms with E-state index in [1.807, 2.05) is 0 Å². The first-order chi connectivity index (χ1) is 9.91. The normalized spacial score (nSPS) is 19.5. The highest BCUT2D eigenvalue weighted by molar-refractivity contribution is 7.89. The van der Waals surface area contributed by atoms with Crippen molar-refractivity contribution in [2.75, 3.05) is 20.8 Å². The largest absolute Gasteiger partial charge is 0.495 e. The van der Waals surface area contributed by atoms with Gasteiger partial charge in [-0.15, -0.1) is 0 Å². The zero-order valence-corrected chi connectivity index (χ0v) is 13.3. The van der Waals surface area contributed by atoms with E-state index in [4.69, 9.17) is 16.3 Å². The Hall–Kier alpha value is -1.31. The minimum atomic E-state index is -3.85. The summed E-state index contributed by atoms with van der Waals surface area (Å²) in [6.45, 7) is 0.272. The van der Waals surface area contributed by atoms with Crippen LogP contribution in [0.2, 0.25) is 5.02 Å². The summed E-state index contributed by atoms with van der Waals surface area (Å²) in [7, 11) is -1.24. The number of methoxy groups -OCH3 is 2. The predicted octanol–water partition coefficient (Wildman–Crippen LogP) is 1.67. The molecule has 8 heteroatoms. The monoisotopic (exact) mass is 333 g/mol. The van der Waals surface area contributed by atoms with E-state index in [-0.39, 0.29) is 17.2 Å². The van der Waals surface area contributed by atoms with Gasteiger partial charge in [-0.1, -0.05) is 11.6 Å². The van der Waals surface area contributed by atoms with E-state index in [2.05, 4.69) is 4.74 Å². The van der Waals surface area contributed by atoms with Crippen LogP contribution in [0.3, 0.4) is 0 Å². The Morgan fingerprint density at radius 2 is 2.10 bits per heavy atom. The van der Waals surface area contributed by atoms with Crippen molar-refractivity contribution >= 4 is 27.6 Å². The molecule has 1 saturated heterocycles. The molecule has 1 aromatic rings. The van der Waals surface area contributed by atoms with Crippen LogP contribution in [0, 0.1) is 0 Å². The molecule has 0 saturated carbocycles. The predicted molar refractivity (Wildman–Crippen MR) is 76.9 cm³/mol. The highest BCUT2D eigenvalue weighted by atomic mass is 35.5. The van der Waals surface area contributed by atoms with Crippen molar-refractivity contribution in [2.45, 2.75) is 23.8 Å². The third kappa shape index (κ3) is 3.00. The first-order valence-corrected chi connectivity index (χ1v) is 8.17. The molecule has 0 bridgehead atoms. The van der Waals surface area contributed by atoms with Crippen LogP contribution in [0.15, 0.2) is 23.1 Å². The second kappa shape index (κ2) is 6.21. The number of benzene rings is 1. The molecule has 1 fully saturated rings. The number of esters is 1. The van der Waals surface area contributed by atoms with Gasteiger partial charge in [0.15, 0.2) is 0 Å². The van der Waals surface area contributed by atoms with Crippen LogP contribution in [0.25, 0.3) is 0 Å². The standard InChI is InChI=1S/C13H16ClNO5S/c1-19-11-8-9(14)5-6-12(11)21(17,18)15-7-3-4-10(15)13(16)20-2/h5-6,8,10H,3-4,7H2,1-2H3. The molecule has 0 aliphatic carbocycles. The third-order valence-electron chi connectivity index (χ3n) is 3.39. The molecule has 2 rings (SSSR count). The summed E-state index contributed by atoms with van der Waals surface area (Å²) in [5, 5.41) is 0.372. The highest BCUT2D eigenvalue weighted by Crippen LogP contribution is 2.33. The molecular formula is C13H16ClNO5S. The van der Waals surface area contributed by atoms with Gasteiger partial charge in [0.05, 0.1) is 14.2 Å². The number of carbonyl (C=O) groups excluding carboxylic acids is 1. The van der Waals surface area contributed by atoms with Gasteiger partial charge in [-0.2, -0.15) is 4.31 Å². The van der Waals surface area contributed by atoms with E-state index in [0.717, 1.165) is 4.31 Å². The van der Waals surface area contributed by atoms with Crippen molar-refractivity contribution in [2.24, 2.45) is 0 Å². The van der Waals surface area contributed by atoms with Crippen LogP contribution in [0.4, 0.5) is 0 Å². The molecule has 0 aromatic heterocycles. The maximum Gasteiger partial charge on any atom is 0.324 e. The molecule has 6 nitrogen and oxygen atoms in total. The van der Waals surface area contributed by atoms with Gasteiger partial charge >= 0.3 is 5.97 Å². The summed E-state index contributed by atoms with van der Waals surface area (Å²) < 4.78 is 36.4. The highest BCUT2D eigenvalue weighted by Gasteiger charge is 2.41. The fourth-order valence-electron chi connectivity index (χ4n) is 2.38. The van der Waals surface area contributed by atoms with Gasteiger partial charge in [0.2, 0.25) is 10.0 Å². The molecule has 1 heterocycles. The average molecular weight is 334 g/mol. The molecule has 21 heavy (non-hydrogen) atoms. The lowest BCUT2D eigenvalue weighted by Gasteiger charge is -2.23. The minimum Gasteiger partial charge on any atom is -0.495 e. The second-order valence-corrected chi connectivity index (χ2v) is 6.89. The maximum atomic E-state index is 12.8. The van der Waals surface area contributed by atoms with E-state index in [9.17, 15) is 13.2 Å². The second-order valence-electron chi connectivity index (χ2n) is 4.59. The molecular weight excluding hydrogens is 318 g/mol. The van der Waals surface area contributed by atoms with E-state index in [1.165, 1.54) is 32.4 Å². The van der Waals surface area contributed by atoms with Crippen molar-refractivity contribution < 1.29 is 22.7 Å². The molecule has 1 unspecified atom stereocenters. The number of nitrogens with zero attached hydrogens (tertiary/aromatic N) is 1. The van der Waals surface area contributed by atoms with Crippen LogP contribution in [-0.2, 0) is 19.6 Å². The first-order valence-electron chi connectivity index (χ1n) is 6.35. The quantitative estimate of drug-likeness (QED) is 0.784. The van der Waals surface area contributed by atoms with Gasteiger partial charge in [0.25, 0.3) is 0 Å². The lowest BCUT2D eigenvalue weighted by Crippen LogP contribution is -2.41. The molecule has 0 radical (unpaired) electrons. The zero-order chi connectivity index (χ0) is 15.6. The molecule has 1 aromatic carbocycles. The number of hydrogen-bond acceptors (Lipinski definition) is 5. The number of halogens is 1. The van der Waals surface area contributed by atoms with E-state index >= 15 is 0 Å². The topological polar surface area (TPSA) is 72.9 Å². The Labute approximate surface area is 128 Å². The van der Waals surface area contributed by atoms with Gasteiger partial charge in [-0.3, -0.25) is 4.79 Å². The van der Waals surface area contributed by atoms with Gasteiger partial charge in [-0.25, -0.2) is 8.42 Å². The Morgan fingerprint density at radius 3 is 2.71 bits per heavy atom. The zero-order valence-electron chi connectivity index (χ0n) is 11.7. The molecule has 1 aliphatic heterocycles. The van der Waals surface area contributed by atoms with Crippen LogP contribution in [0.5, 0.6) is 5.75 Å². The summed E-state index contributed by atoms with van der Waals surface area (Å²) in [6.07, 6.45) is 1.05. The van der Waals surface area contributed by atoms with Crippen molar-refractivity contribution in [1.29, 1.82) is 0 Å². The van der Waals surface area contributed by atoms with Crippen molar-refractivity contribution in [3.05, 3.63) is 23.2 Å². The lowest BCUT2D eigenvalue weighted by atomic mass is 10.2. The maximum absolute atomic E-state index is 12.8. The molecule has 0 amide bonds. The summed E-state index contributed by atoms with van der Waals surface area (Å²) in [4.78, 5) is 11.7. The van der Waals surface area contributed by atoms with E-state index in [1.54, 1.807) is 0 Å². The number of rotatable bonds is 4. The van der Waals surface area contributed by atoms with Crippen LogP contribution < -0.4 is 4.74 Å². The Balaban J connectivity index is 2.44. The van der Waals surface area contributed by atoms with Gasteiger partial charge in [0.1, 0.15) is 16.7 Å². The van der Waals surface area contributed by atoms with Crippen molar-refractivity contribution in [1.82, 2.24) is 4.31 Å². The minimum absolute atomic E-state index is 0.00907. The number of carbonyl (C=O) groups is 1. The summed E-state index contributed by atoms with van der Waals surface area (Å²) in [5.74, 6) is -0.401. The Morgan fingerprint density at radius 1 is 1.38 bits per heavy atom. The first kappa shape index (κ1) is 16.1. The van der Waals surface area contributed by atoms with Gasteiger partial charge < -0.3 is 9.47 Å². The molecule has 1 atom stereocenters. The SMILES string of the molecule is COC(=O)C1CCCN1S(=O)(=O)c1ccc(Cl)cc1OC. The smallest absolute Gasteiger partial charge is 0.324 e. The van der Waals surface area contributed by atoms with Crippen LogP contribution in [0.1, 0.15) is 12.8 Å². The lowest BCUT2D eigenvalue weighted by molar-refractivity contribution is -0.144. The van der Waals surface area contributed by atoms with Crippen LogP contribution in [-0.4, -0.2) is 45.5 Å². The fraction of sp³-hybridized carbons (Fsp3) is 0.462. The third-order valence-corrected chi connectivity index (χ3v) is 5.57. The number of sulfonamides is 1. The molecule has 116 valence electrons. The molecule has 0 N–H and O–H groups in total. The Bertz CT molecular complexity index is 646. The summed E-state index contributed by atoms with van der Waals surface area (Å²) in [5.41, 5.74) is 0. The van der Waals surface area contributed by atoms with E-state index in [0.29, 0.717) is 17.9 Å². The van der Waals surface area contributed by atoms with E-state index < -0.39 is 22.0 Å². The fourth-order valence-corrected chi connectivity index (χ4v) is 4.33. The Kier molecular flexibility index (Phi) is 4.75. The van der Waals surface area contributed by atoms with Gasteiger partial charge in [0, 0.05) is 17.6 Å². The van der Waals surface area contributed by atoms with Crippen LogP contribution >= 0.6 is 11.6 Å². The summed E-state index contributed by atoms with van der Waals surface area (Å²) in [6, 6.07) is 3.49. The number of ether oxygens (including phenoxy) is 2. The summed E-state index contributed by atoms with van der Waals surface area (Å²) >= 11 is 5.84. The van der Waals surface area contributed by atoms with Crippen molar-refractivity contribution in [3.8, 4) is 5.75 Å². The van der Waals surface area contributed by atoms with Crippen molar-refractivity contribution in [3.63, 3.8) is 0 Å². The molecule has 0 spiro atoms. The average Bonchev–Trinajstić information content (AvgIpc) is 2.96. The van der Waals surface area contributed by atoms with Gasteiger partial charge in [-0.05, 0) is 25.0 Å².